The van der Waals surface area contributed by atoms with Crippen LogP contribution in [0.1, 0.15) is 25.3 Å². The molecule has 1 aliphatic rings. The predicted octanol–water partition coefficient (Wildman–Crippen LogP) is 3.31. The number of anilines is 1. The van der Waals surface area contributed by atoms with Crippen molar-refractivity contribution < 1.29 is 4.79 Å². The van der Waals surface area contributed by atoms with E-state index >= 15 is 0 Å². The van der Waals surface area contributed by atoms with Crippen LogP contribution in [0, 0.1) is 12.8 Å². The Bertz CT molecular complexity index is 1070. The average molecular weight is 397 g/mol. The van der Waals surface area contributed by atoms with Gasteiger partial charge in [-0.2, -0.15) is 0 Å². The number of thiophene rings is 1. The molecule has 1 fully saturated rings. The number of nitrogens with zero attached hydrogens (tertiary/aromatic N) is 2. The zero-order valence-corrected chi connectivity index (χ0v) is 16.9. The number of carbonyl (C=O) groups is 1. The fourth-order valence-corrected chi connectivity index (χ4v) is 4.73. The Morgan fingerprint density at radius 1 is 1.36 bits per heavy atom. The molecule has 2 N–H and O–H groups in total. The lowest BCUT2D eigenvalue weighted by molar-refractivity contribution is -0.125. The average Bonchev–Trinajstić information content (AvgIpc) is 3.13. The first-order chi connectivity index (χ1) is 13.6. The second-order valence-electron chi connectivity index (χ2n) is 7.21. The van der Waals surface area contributed by atoms with Crippen LogP contribution in [0.4, 0.5) is 5.95 Å². The Morgan fingerprint density at radius 3 is 2.96 bits per heavy atom. The molecule has 1 saturated heterocycles. The maximum atomic E-state index is 12.7. The van der Waals surface area contributed by atoms with Gasteiger partial charge in [0.15, 0.2) is 0 Å². The number of fused-ring (bicyclic) bond motifs is 1. The lowest BCUT2D eigenvalue weighted by atomic mass is 9.97. The van der Waals surface area contributed by atoms with E-state index < -0.39 is 0 Å². The van der Waals surface area contributed by atoms with Gasteiger partial charge in [0.1, 0.15) is 4.70 Å². The van der Waals surface area contributed by atoms with Gasteiger partial charge in [-0.05, 0) is 37.8 Å². The number of benzene rings is 1. The SMILES string of the molecule is CCNC(=O)[C@@H]1CCCN(c2nc3c(-c4ccccc4C)csc3c(=O)[nH]2)C1. The monoisotopic (exact) mass is 396 g/mol. The molecule has 3 aromatic rings. The summed E-state index contributed by atoms with van der Waals surface area (Å²) in [5.41, 5.74) is 3.85. The van der Waals surface area contributed by atoms with Crippen molar-refractivity contribution in [2.75, 3.05) is 24.5 Å². The van der Waals surface area contributed by atoms with Gasteiger partial charge >= 0.3 is 0 Å². The third-order valence-corrected chi connectivity index (χ3v) is 6.26. The van der Waals surface area contributed by atoms with Crippen molar-refractivity contribution in [2.24, 2.45) is 5.92 Å². The molecular weight excluding hydrogens is 372 g/mol. The van der Waals surface area contributed by atoms with E-state index in [0.717, 1.165) is 41.6 Å². The molecule has 0 radical (unpaired) electrons. The maximum Gasteiger partial charge on any atom is 0.270 e. The summed E-state index contributed by atoms with van der Waals surface area (Å²) in [5, 5.41) is 4.91. The fraction of sp³-hybridized carbons (Fsp3) is 0.381. The number of aryl methyl sites for hydroxylation is 1. The highest BCUT2D eigenvalue weighted by Gasteiger charge is 2.27. The number of amides is 1. The molecule has 0 saturated carbocycles. The lowest BCUT2D eigenvalue weighted by Crippen LogP contribution is -2.44. The molecule has 28 heavy (non-hydrogen) atoms. The molecule has 1 aromatic carbocycles. The molecule has 7 heteroatoms. The van der Waals surface area contributed by atoms with Crippen LogP contribution >= 0.6 is 11.3 Å². The van der Waals surface area contributed by atoms with E-state index in [1.807, 2.05) is 29.3 Å². The number of rotatable bonds is 4. The first kappa shape index (κ1) is 18.7. The Hall–Kier alpha value is -2.67. The van der Waals surface area contributed by atoms with Crippen molar-refractivity contribution in [3.05, 3.63) is 45.6 Å². The number of nitrogens with one attached hydrogen (secondary N) is 2. The van der Waals surface area contributed by atoms with E-state index in [1.54, 1.807) is 0 Å². The smallest absolute Gasteiger partial charge is 0.270 e. The molecule has 0 unspecified atom stereocenters. The van der Waals surface area contributed by atoms with Gasteiger partial charge in [-0.1, -0.05) is 24.3 Å². The van der Waals surface area contributed by atoms with Crippen molar-refractivity contribution in [3.63, 3.8) is 0 Å². The number of hydrogen-bond acceptors (Lipinski definition) is 5. The molecule has 146 valence electrons. The van der Waals surface area contributed by atoms with Gasteiger partial charge in [0.2, 0.25) is 11.9 Å². The van der Waals surface area contributed by atoms with Gasteiger partial charge in [0.25, 0.3) is 5.56 Å². The van der Waals surface area contributed by atoms with Crippen molar-refractivity contribution in [1.29, 1.82) is 0 Å². The van der Waals surface area contributed by atoms with Crippen LogP contribution in [0.25, 0.3) is 21.3 Å². The van der Waals surface area contributed by atoms with E-state index in [2.05, 4.69) is 29.4 Å². The highest BCUT2D eigenvalue weighted by molar-refractivity contribution is 7.17. The molecule has 1 atom stereocenters. The summed E-state index contributed by atoms with van der Waals surface area (Å²) in [6.45, 7) is 5.98. The summed E-state index contributed by atoms with van der Waals surface area (Å²) >= 11 is 1.42. The molecule has 1 amide bonds. The van der Waals surface area contributed by atoms with Crippen molar-refractivity contribution in [3.8, 4) is 11.1 Å². The number of H-pyrrole nitrogens is 1. The van der Waals surface area contributed by atoms with Crippen LogP contribution in [0.5, 0.6) is 0 Å². The summed E-state index contributed by atoms with van der Waals surface area (Å²) in [4.78, 5) is 34.7. The van der Waals surface area contributed by atoms with Crippen LogP contribution in [-0.2, 0) is 4.79 Å². The van der Waals surface area contributed by atoms with Gasteiger partial charge in [-0.25, -0.2) is 4.98 Å². The molecular formula is C21H24N4O2S. The van der Waals surface area contributed by atoms with E-state index in [4.69, 9.17) is 4.98 Å². The first-order valence-electron chi connectivity index (χ1n) is 9.68. The standard InChI is InChI=1S/C21H24N4O2S/c1-3-22-19(26)14-8-6-10-25(11-14)21-23-17-16(12-28-18(17)20(27)24-21)15-9-5-4-7-13(15)2/h4-5,7,9,12,14H,3,6,8,10-11H2,1-2H3,(H,22,26)(H,23,24,27)/t14-/m1/s1. The summed E-state index contributed by atoms with van der Waals surface area (Å²) in [6, 6.07) is 8.13. The van der Waals surface area contributed by atoms with E-state index in [1.165, 1.54) is 11.3 Å². The lowest BCUT2D eigenvalue weighted by Gasteiger charge is -2.32. The van der Waals surface area contributed by atoms with Gasteiger partial charge in [0.05, 0.1) is 11.4 Å². The van der Waals surface area contributed by atoms with Crippen LogP contribution in [0.3, 0.4) is 0 Å². The summed E-state index contributed by atoms with van der Waals surface area (Å²) in [5.74, 6) is 0.555. The zero-order chi connectivity index (χ0) is 19.7. The molecule has 6 nitrogen and oxygen atoms in total. The van der Waals surface area contributed by atoms with E-state index in [9.17, 15) is 9.59 Å². The number of piperidine rings is 1. The molecule has 0 spiro atoms. The Labute approximate surface area is 167 Å². The minimum absolute atomic E-state index is 0.0757. The van der Waals surface area contributed by atoms with Crippen LogP contribution in [-0.4, -0.2) is 35.5 Å². The Balaban J connectivity index is 1.73. The molecule has 2 aromatic heterocycles. The molecule has 4 rings (SSSR count). The second-order valence-corrected chi connectivity index (χ2v) is 8.09. The predicted molar refractivity (Wildman–Crippen MR) is 114 cm³/mol. The van der Waals surface area contributed by atoms with E-state index in [-0.39, 0.29) is 17.4 Å². The Kier molecular flexibility index (Phi) is 5.17. The maximum absolute atomic E-state index is 12.7. The molecule has 3 heterocycles. The zero-order valence-electron chi connectivity index (χ0n) is 16.1. The minimum atomic E-state index is -0.120. The summed E-state index contributed by atoms with van der Waals surface area (Å²) in [6.07, 6.45) is 1.76. The van der Waals surface area contributed by atoms with Gasteiger partial charge < -0.3 is 10.2 Å². The van der Waals surface area contributed by atoms with Crippen molar-refractivity contribution in [1.82, 2.24) is 15.3 Å². The van der Waals surface area contributed by atoms with Gasteiger partial charge in [-0.3, -0.25) is 14.6 Å². The molecule has 0 bridgehead atoms. The number of aromatic nitrogens is 2. The third kappa shape index (κ3) is 3.42. The number of aromatic amines is 1. The molecule has 0 aliphatic carbocycles. The summed E-state index contributed by atoms with van der Waals surface area (Å²) < 4.78 is 0.638. The highest BCUT2D eigenvalue weighted by atomic mass is 32.1. The first-order valence-corrected chi connectivity index (χ1v) is 10.6. The van der Waals surface area contributed by atoms with E-state index in [0.29, 0.717) is 23.7 Å². The number of hydrogen-bond donors (Lipinski definition) is 2. The van der Waals surface area contributed by atoms with Crippen LogP contribution in [0.2, 0.25) is 0 Å². The third-order valence-electron chi connectivity index (χ3n) is 5.29. The normalized spacial score (nSPS) is 17.1. The highest BCUT2D eigenvalue weighted by Crippen LogP contribution is 2.33. The minimum Gasteiger partial charge on any atom is -0.356 e. The molecule has 1 aliphatic heterocycles. The largest absolute Gasteiger partial charge is 0.356 e. The van der Waals surface area contributed by atoms with Gasteiger partial charge in [-0.15, -0.1) is 11.3 Å². The van der Waals surface area contributed by atoms with Crippen molar-refractivity contribution in [2.45, 2.75) is 26.7 Å². The second kappa shape index (κ2) is 7.75. The quantitative estimate of drug-likeness (QED) is 0.709. The van der Waals surface area contributed by atoms with Crippen molar-refractivity contribution >= 4 is 33.4 Å². The number of carbonyl (C=O) groups excluding carboxylic acids is 1. The topological polar surface area (TPSA) is 78.1 Å². The van der Waals surface area contributed by atoms with Crippen LogP contribution in [0.15, 0.2) is 34.4 Å². The van der Waals surface area contributed by atoms with Gasteiger partial charge in [0, 0.05) is 30.6 Å². The summed E-state index contributed by atoms with van der Waals surface area (Å²) in [7, 11) is 0. The fourth-order valence-electron chi connectivity index (χ4n) is 3.83. The Morgan fingerprint density at radius 2 is 2.18 bits per heavy atom. The van der Waals surface area contributed by atoms with Crippen LogP contribution < -0.4 is 15.8 Å².